The molecule has 20 heavy (non-hydrogen) atoms. The van der Waals surface area contributed by atoms with Crippen LogP contribution < -0.4 is 0 Å². The fourth-order valence-corrected chi connectivity index (χ4v) is 2.29. The topological polar surface area (TPSA) is 52.6 Å². The lowest BCUT2D eigenvalue weighted by Crippen LogP contribution is -2.29. The predicted molar refractivity (Wildman–Crippen MR) is 77.3 cm³/mol. The van der Waals surface area contributed by atoms with E-state index in [9.17, 15) is 9.59 Å². The van der Waals surface area contributed by atoms with Crippen LogP contribution in [-0.2, 0) is 19.1 Å². The highest BCUT2D eigenvalue weighted by Gasteiger charge is 2.37. The summed E-state index contributed by atoms with van der Waals surface area (Å²) in [5, 5.41) is 0. The van der Waals surface area contributed by atoms with Crippen LogP contribution in [0.3, 0.4) is 0 Å². The molecule has 0 radical (unpaired) electrons. The van der Waals surface area contributed by atoms with Crippen molar-refractivity contribution in [3.05, 3.63) is 24.3 Å². The first-order valence-electron chi connectivity index (χ1n) is 6.92. The first kappa shape index (κ1) is 16.6. The third-order valence-electron chi connectivity index (χ3n) is 3.96. The largest absolute Gasteiger partial charge is 0.466 e. The molecule has 1 saturated heterocycles. The molecular weight excluding hydrogens is 256 g/mol. The van der Waals surface area contributed by atoms with Crippen molar-refractivity contribution in [2.45, 2.75) is 51.7 Å². The van der Waals surface area contributed by atoms with Crippen molar-refractivity contribution >= 4 is 11.8 Å². The minimum absolute atomic E-state index is 0.0719. The summed E-state index contributed by atoms with van der Waals surface area (Å²) in [6.45, 7) is 9.28. The molecule has 4 nitrogen and oxygen atoms in total. The van der Waals surface area contributed by atoms with Gasteiger partial charge in [-0.3, -0.25) is 4.79 Å². The van der Waals surface area contributed by atoms with E-state index in [-0.39, 0.29) is 29.8 Å². The highest BCUT2D eigenvalue weighted by molar-refractivity contribution is 5.89. The van der Waals surface area contributed by atoms with Crippen molar-refractivity contribution < 1.29 is 19.1 Å². The molecule has 1 fully saturated rings. The Hall–Kier alpha value is -1.42. The van der Waals surface area contributed by atoms with Crippen molar-refractivity contribution in [3.63, 3.8) is 0 Å². The van der Waals surface area contributed by atoms with Gasteiger partial charge in [0.1, 0.15) is 5.78 Å². The number of esters is 1. The van der Waals surface area contributed by atoms with E-state index in [0.717, 1.165) is 12.8 Å². The van der Waals surface area contributed by atoms with E-state index in [1.807, 2.05) is 13.8 Å². The molecular formula is C16H24O4. The zero-order valence-electron chi connectivity index (χ0n) is 12.8. The van der Waals surface area contributed by atoms with Crippen LogP contribution in [0.25, 0.3) is 0 Å². The van der Waals surface area contributed by atoms with Gasteiger partial charge >= 0.3 is 5.97 Å². The normalized spacial score (nSPS) is 28.0. The van der Waals surface area contributed by atoms with Crippen LogP contribution in [0.5, 0.6) is 0 Å². The molecule has 4 heteroatoms. The zero-order valence-corrected chi connectivity index (χ0v) is 12.8. The molecule has 0 aromatic rings. The summed E-state index contributed by atoms with van der Waals surface area (Å²) >= 11 is 0. The lowest BCUT2D eigenvalue weighted by atomic mass is 9.94. The summed E-state index contributed by atoms with van der Waals surface area (Å²) in [6.07, 6.45) is 5.31. The van der Waals surface area contributed by atoms with Crippen molar-refractivity contribution in [3.8, 4) is 0 Å². The third kappa shape index (κ3) is 4.04. The molecule has 0 N–H and O–H groups in total. The smallest absolute Gasteiger partial charge is 0.333 e. The Balaban J connectivity index is 2.56. The Labute approximate surface area is 120 Å². The van der Waals surface area contributed by atoms with Crippen molar-refractivity contribution in [2.75, 3.05) is 7.11 Å². The van der Waals surface area contributed by atoms with Crippen LogP contribution in [-0.4, -0.2) is 30.6 Å². The maximum absolute atomic E-state index is 12.1. The highest BCUT2D eigenvalue weighted by atomic mass is 16.5. The maximum Gasteiger partial charge on any atom is 0.333 e. The van der Waals surface area contributed by atoms with Crippen LogP contribution in [0.1, 0.15) is 40.0 Å². The molecule has 1 unspecified atom stereocenters. The Bertz CT molecular complexity index is 424. The van der Waals surface area contributed by atoms with Gasteiger partial charge in [-0.05, 0) is 26.7 Å². The number of ketones is 1. The van der Waals surface area contributed by atoms with Gasteiger partial charge in [-0.2, -0.15) is 0 Å². The predicted octanol–water partition coefficient (Wildman–Crippen LogP) is 2.82. The van der Waals surface area contributed by atoms with Gasteiger partial charge in [0.2, 0.25) is 0 Å². The second-order valence-corrected chi connectivity index (χ2v) is 5.55. The van der Waals surface area contributed by atoms with Crippen LogP contribution in [0, 0.1) is 5.92 Å². The molecule has 0 aromatic heterocycles. The fourth-order valence-electron chi connectivity index (χ4n) is 2.29. The molecule has 0 bridgehead atoms. The summed E-state index contributed by atoms with van der Waals surface area (Å²) in [5.41, 5.74) is 0.132. The number of methoxy groups -OCH3 is 1. The Kier molecular flexibility index (Phi) is 5.69. The molecule has 1 aliphatic heterocycles. The molecule has 3 atom stereocenters. The van der Waals surface area contributed by atoms with Crippen molar-refractivity contribution in [2.24, 2.45) is 5.92 Å². The van der Waals surface area contributed by atoms with E-state index in [1.54, 1.807) is 19.1 Å². The Morgan fingerprint density at radius 1 is 1.55 bits per heavy atom. The number of ether oxygens (including phenoxy) is 2. The van der Waals surface area contributed by atoms with E-state index < -0.39 is 5.97 Å². The summed E-state index contributed by atoms with van der Waals surface area (Å²) in [7, 11) is 1.33. The van der Waals surface area contributed by atoms with Crippen molar-refractivity contribution in [1.82, 2.24) is 0 Å². The molecule has 112 valence electrons. The first-order chi connectivity index (χ1) is 9.33. The van der Waals surface area contributed by atoms with Gasteiger partial charge in [0.25, 0.3) is 0 Å². The molecule has 1 rings (SSSR count). The summed E-state index contributed by atoms with van der Waals surface area (Å²) in [5.74, 6) is -0.508. The number of carbonyl (C=O) groups excluding carboxylic acids is 2. The van der Waals surface area contributed by atoms with Crippen LogP contribution in [0.15, 0.2) is 24.3 Å². The van der Waals surface area contributed by atoms with E-state index in [2.05, 4.69) is 11.3 Å². The van der Waals surface area contributed by atoms with Crippen LogP contribution >= 0.6 is 0 Å². The van der Waals surface area contributed by atoms with Gasteiger partial charge in [-0.1, -0.05) is 19.1 Å². The summed E-state index contributed by atoms with van der Waals surface area (Å²) in [4.78, 5) is 23.4. The van der Waals surface area contributed by atoms with Crippen LogP contribution in [0.4, 0.5) is 0 Å². The Morgan fingerprint density at radius 3 is 2.70 bits per heavy atom. The van der Waals surface area contributed by atoms with E-state index >= 15 is 0 Å². The average Bonchev–Trinajstić information content (AvgIpc) is 2.85. The first-order valence-corrected chi connectivity index (χ1v) is 6.92. The number of Topliss-reactive ketones (excluding diaryl/α,β-unsaturated/α-hetero) is 1. The quantitative estimate of drug-likeness (QED) is 0.426. The van der Waals surface area contributed by atoms with Crippen molar-refractivity contribution in [1.29, 1.82) is 0 Å². The monoisotopic (exact) mass is 280 g/mol. The molecule has 0 aliphatic carbocycles. The molecule has 0 aromatic carbocycles. The molecule has 0 amide bonds. The number of hydrogen-bond acceptors (Lipinski definition) is 4. The van der Waals surface area contributed by atoms with Gasteiger partial charge in [-0.25, -0.2) is 4.79 Å². The number of allylic oxidation sites excluding steroid dienone is 1. The number of rotatable bonds is 6. The van der Waals surface area contributed by atoms with Gasteiger partial charge in [0.15, 0.2) is 0 Å². The average molecular weight is 280 g/mol. The molecule has 0 saturated carbocycles. The third-order valence-corrected chi connectivity index (χ3v) is 3.96. The zero-order chi connectivity index (χ0) is 15.3. The maximum atomic E-state index is 12.1. The van der Waals surface area contributed by atoms with Gasteiger partial charge < -0.3 is 9.47 Å². The minimum atomic E-state index is -0.401. The number of carbonyl (C=O) groups is 2. The van der Waals surface area contributed by atoms with Gasteiger partial charge in [-0.15, -0.1) is 6.58 Å². The lowest BCUT2D eigenvalue weighted by Gasteiger charge is -2.23. The molecule has 0 spiro atoms. The Morgan fingerprint density at radius 2 is 2.20 bits per heavy atom. The second kappa shape index (κ2) is 6.84. The standard InChI is InChI=1S/C16H24O4/c1-6-16(4)10-9-14(20-16)12(3)13(17)8-7-11(2)15(18)19-5/h6-7,12,14H,1,8-10H2,2-5H3/b11-7+/t12?,14-,16-/m0/s1. The van der Waals surface area contributed by atoms with Gasteiger partial charge in [0.05, 0.1) is 18.8 Å². The van der Waals surface area contributed by atoms with E-state index in [4.69, 9.17) is 4.74 Å². The van der Waals surface area contributed by atoms with Gasteiger partial charge in [0, 0.05) is 17.9 Å². The van der Waals surface area contributed by atoms with E-state index in [0.29, 0.717) is 5.57 Å². The molecule has 1 aliphatic rings. The second-order valence-electron chi connectivity index (χ2n) is 5.55. The van der Waals surface area contributed by atoms with Crippen LogP contribution in [0.2, 0.25) is 0 Å². The molecule has 1 heterocycles. The lowest BCUT2D eigenvalue weighted by molar-refractivity contribution is -0.136. The SMILES string of the molecule is C=C[C@@]1(C)CC[C@@H](C(C)C(=O)C/C=C(\C)C(=O)OC)O1. The summed E-state index contributed by atoms with van der Waals surface area (Å²) < 4.78 is 10.5. The fraction of sp³-hybridized carbons (Fsp3) is 0.625. The van der Waals surface area contributed by atoms with E-state index in [1.165, 1.54) is 7.11 Å². The summed E-state index contributed by atoms with van der Waals surface area (Å²) in [6, 6.07) is 0. The minimum Gasteiger partial charge on any atom is -0.466 e. The highest BCUT2D eigenvalue weighted by Crippen LogP contribution is 2.34. The number of hydrogen-bond donors (Lipinski definition) is 0.